The van der Waals surface area contributed by atoms with Gasteiger partial charge in [0.1, 0.15) is 0 Å². The molecule has 0 fully saturated rings. The van der Waals surface area contributed by atoms with E-state index in [0.29, 0.717) is 24.7 Å². The second kappa shape index (κ2) is 14.5. The minimum atomic E-state index is -0.112. The van der Waals surface area contributed by atoms with Crippen molar-refractivity contribution < 1.29 is 30.0 Å². The standard InChI is InChI=1S/2C6H12OS.Pd/c2*1-3-5(2)4-6(7)8;/h2*5H,3-4H2,1-2H3,(H,7,8);/q;;+2/p-2. The van der Waals surface area contributed by atoms with Crippen molar-refractivity contribution in [1.29, 1.82) is 0 Å². The van der Waals surface area contributed by atoms with Crippen molar-refractivity contribution in [1.82, 2.24) is 0 Å². The van der Waals surface area contributed by atoms with Crippen molar-refractivity contribution in [2.75, 3.05) is 0 Å². The molecule has 0 saturated carbocycles. The Hall–Kier alpha value is 0.442. The summed E-state index contributed by atoms with van der Waals surface area (Å²) >= 11 is 8.76. The number of hydrogen-bond acceptors (Lipinski definition) is 4. The van der Waals surface area contributed by atoms with Crippen LogP contribution in [0.25, 0.3) is 0 Å². The second-order valence-electron chi connectivity index (χ2n) is 4.18. The Morgan fingerprint density at radius 2 is 1.12 bits per heavy atom. The van der Waals surface area contributed by atoms with E-state index in [1.165, 1.54) is 0 Å². The topological polar surface area (TPSA) is 34.1 Å². The van der Waals surface area contributed by atoms with E-state index in [0.717, 1.165) is 12.8 Å². The first kappa shape index (κ1) is 22.6. The molecule has 0 N–H and O–H groups in total. The Labute approximate surface area is 130 Å². The Balaban J connectivity index is -0.000000218. The van der Waals surface area contributed by atoms with Crippen LogP contribution in [0.2, 0.25) is 0 Å². The molecule has 0 heterocycles. The summed E-state index contributed by atoms with van der Waals surface area (Å²) in [6.07, 6.45) is 3.21. The zero-order valence-corrected chi connectivity index (χ0v) is 14.1. The number of hydrogen-bond donors (Lipinski definition) is 0. The summed E-state index contributed by atoms with van der Waals surface area (Å²) in [4.78, 5) is 20.5. The molecule has 2 unspecified atom stereocenters. The minimum Gasteiger partial charge on any atom is -0.742 e. The average molecular weight is 369 g/mol. The maximum absolute atomic E-state index is 10.2. The third-order valence-electron chi connectivity index (χ3n) is 2.42. The fourth-order valence-corrected chi connectivity index (χ4v) is 1.43. The van der Waals surface area contributed by atoms with Gasteiger partial charge in [0.25, 0.3) is 0 Å². The molecule has 2 nitrogen and oxygen atoms in total. The van der Waals surface area contributed by atoms with Gasteiger partial charge in [-0.3, -0.25) is 0 Å². The molecule has 0 aromatic rings. The van der Waals surface area contributed by atoms with E-state index in [1.807, 2.05) is 13.8 Å². The van der Waals surface area contributed by atoms with E-state index in [1.54, 1.807) is 0 Å². The van der Waals surface area contributed by atoms with Gasteiger partial charge in [-0.1, -0.05) is 40.5 Å². The van der Waals surface area contributed by atoms with Crippen LogP contribution in [0.15, 0.2) is 0 Å². The molecule has 0 bridgehead atoms. The summed E-state index contributed by atoms with van der Waals surface area (Å²) in [6.45, 7) is 8.18. The van der Waals surface area contributed by atoms with Crippen LogP contribution in [0, 0.1) is 11.8 Å². The van der Waals surface area contributed by atoms with Crippen molar-refractivity contribution in [2.45, 2.75) is 53.4 Å². The van der Waals surface area contributed by atoms with Crippen molar-refractivity contribution in [3.63, 3.8) is 0 Å². The van der Waals surface area contributed by atoms with Crippen molar-refractivity contribution in [3.8, 4) is 0 Å². The smallest absolute Gasteiger partial charge is 0.742 e. The van der Waals surface area contributed by atoms with Crippen LogP contribution in [-0.2, 0) is 55.3 Å². The molecule has 0 rings (SSSR count). The van der Waals surface area contributed by atoms with Crippen LogP contribution in [0.4, 0.5) is 0 Å². The zero-order chi connectivity index (χ0) is 13.1. The normalized spacial score (nSPS) is 12.5. The monoisotopic (exact) mass is 368 g/mol. The Morgan fingerprint density at radius 3 is 1.18 bits per heavy atom. The van der Waals surface area contributed by atoms with Gasteiger partial charge < -0.3 is 34.8 Å². The molecule has 0 aliphatic rings. The maximum Gasteiger partial charge on any atom is 2.00 e. The second-order valence-corrected chi connectivity index (χ2v) is 5.09. The maximum atomic E-state index is 10.2. The molecule has 104 valence electrons. The quantitative estimate of drug-likeness (QED) is 0.533. The van der Waals surface area contributed by atoms with Gasteiger partial charge in [0.15, 0.2) is 0 Å². The largest absolute Gasteiger partial charge is 2.00 e. The van der Waals surface area contributed by atoms with E-state index in [4.69, 9.17) is 0 Å². The van der Waals surface area contributed by atoms with Crippen LogP contribution < -0.4 is 0 Å². The molecule has 5 heteroatoms. The summed E-state index contributed by atoms with van der Waals surface area (Å²) in [5, 5.41) is -0.223. The molecule has 0 aromatic carbocycles. The summed E-state index contributed by atoms with van der Waals surface area (Å²) in [5.74, 6) is 0.944. The zero-order valence-electron chi connectivity index (χ0n) is 10.9. The van der Waals surface area contributed by atoms with E-state index >= 15 is 0 Å². The van der Waals surface area contributed by atoms with Gasteiger partial charge in [0, 0.05) is 10.2 Å². The Morgan fingerprint density at radius 1 is 0.882 bits per heavy atom. The predicted molar refractivity (Wildman–Crippen MR) is 72.9 cm³/mol. The molecule has 0 aromatic heterocycles. The van der Waals surface area contributed by atoms with E-state index < -0.39 is 0 Å². The molecule has 0 aliphatic carbocycles. The summed E-state index contributed by atoms with van der Waals surface area (Å²) < 4.78 is 0. The molecule has 0 saturated heterocycles. The molecule has 2 atom stereocenters. The SMILES string of the molecule is CCC(C)CC(=O)[S-].CCC(C)CC(=O)[S-].[Pd+2]. The first-order valence-electron chi connectivity index (χ1n) is 5.73. The van der Waals surface area contributed by atoms with E-state index in [2.05, 4.69) is 39.1 Å². The number of carbonyl (C=O) groups excluding carboxylic acids is 2. The molecule has 0 spiro atoms. The van der Waals surface area contributed by atoms with Gasteiger partial charge in [-0.2, -0.15) is 0 Å². The van der Waals surface area contributed by atoms with Crippen LogP contribution in [0.5, 0.6) is 0 Å². The fraction of sp³-hybridized carbons (Fsp3) is 0.833. The van der Waals surface area contributed by atoms with Crippen molar-refractivity contribution >= 4 is 35.5 Å². The first-order chi connectivity index (χ1) is 7.33. The first-order valence-corrected chi connectivity index (χ1v) is 6.54. The van der Waals surface area contributed by atoms with Gasteiger partial charge in [-0.25, -0.2) is 0 Å². The molecular formula is C12H22O2PdS2. The van der Waals surface area contributed by atoms with Gasteiger partial charge in [0.05, 0.1) is 0 Å². The summed E-state index contributed by atoms with van der Waals surface area (Å²) in [7, 11) is 0. The van der Waals surface area contributed by atoms with Gasteiger partial charge >= 0.3 is 20.4 Å². The molecule has 0 radical (unpaired) electrons. The van der Waals surface area contributed by atoms with Crippen molar-refractivity contribution in [2.24, 2.45) is 11.8 Å². The van der Waals surface area contributed by atoms with Gasteiger partial charge in [-0.05, 0) is 24.7 Å². The number of carbonyl (C=O) groups is 2. The number of rotatable bonds is 6. The molecule has 17 heavy (non-hydrogen) atoms. The summed E-state index contributed by atoms with van der Waals surface area (Å²) in [6, 6.07) is 0. The molecular weight excluding hydrogens is 347 g/mol. The predicted octanol–water partition coefficient (Wildman–Crippen LogP) is 2.99. The van der Waals surface area contributed by atoms with Crippen LogP contribution in [0.3, 0.4) is 0 Å². The van der Waals surface area contributed by atoms with Crippen LogP contribution >= 0.6 is 0 Å². The Bertz CT molecular complexity index is 189. The van der Waals surface area contributed by atoms with Crippen molar-refractivity contribution in [3.05, 3.63) is 0 Å². The summed E-state index contributed by atoms with van der Waals surface area (Å²) in [5.41, 5.74) is 0. The third-order valence-corrected chi connectivity index (χ3v) is 2.76. The van der Waals surface area contributed by atoms with E-state index in [9.17, 15) is 9.59 Å². The van der Waals surface area contributed by atoms with Gasteiger partial charge in [-0.15, -0.1) is 0 Å². The van der Waals surface area contributed by atoms with Crippen LogP contribution in [-0.4, -0.2) is 10.2 Å². The molecule has 0 amide bonds. The van der Waals surface area contributed by atoms with Crippen LogP contribution in [0.1, 0.15) is 53.4 Å². The molecule has 0 aliphatic heterocycles. The average Bonchev–Trinajstić information content (AvgIpc) is 2.16. The Kier molecular flexibility index (Phi) is 19.3. The van der Waals surface area contributed by atoms with Gasteiger partial charge in [0.2, 0.25) is 0 Å². The third kappa shape index (κ3) is 22.2. The fourth-order valence-electron chi connectivity index (χ4n) is 0.858. The minimum absolute atomic E-state index is 0. The van der Waals surface area contributed by atoms with E-state index in [-0.39, 0.29) is 30.7 Å².